The highest BCUT2D eigenvalue weighted by atomic mass is 19.1. The highest BCUT2D eigenvalue weighted by molar-refractivity contribution is 6.07. The van der Waals surface area contributed by atoms with Gasteiger partial charge in [-0.15, -0.1) is 6.42 Å². The van der Waals surface area contributed by atoms with E-state index in [4.69, 9.17) is 6.42 Å². The molecule has 0 aromatic heterocycles. The molecule has 0 atom stereocenters. The first-order chi connectivity index (χ1) is 8.28. The Morgan fingerprint density at radius 3 is 2.41 bits per heavy atom. The third-order valence-corrected chi connectivity index (χ3v) is 2.97. The quantitative estimate of drug-likeness (QED) is 0.395. The molecule has 0 aliphatic rings. The molecule has 0 spiro atoms. The number of terminal acetylenes is 1. The molecule has 0 saturated heterocycles. The van der Waals surface area contributed by atoms with Crippen LogP contribution in [0, 0.1) is 18.2 Å². The van der Waals surface area contributed by atoms with Crippen molar-refractivity contribution in [3.05, 3.63) is 59.9 Å². The number of rotatable bonds is 0. The molecule has 0 fully saturated rings. The van der Waals surface area contributed by atoms with E-state index in [1.54, 1.807) is 12.1 Å². The van der Waals surface area contributed by atoms with Crippen molar-refractivity contribution >= 4 is 21.5 Å². The van der Waals surface area contributed by atoms with Crippen LogP contribution in [-0.4, -0.2) is 0 Å². The normalized spacial score (nSPS) is 10.6. The maximum absolute atomic E-state index is 13.3. The molecule has 1 heteroatoms. The minimum Gasteiger partial charge on any atom is -0.207 e. The number of benzene rings is 3. The van der Waals surface area contributed by atoms with E-state index < -0.39 is 0 Å². The molecular weight excluding hydrogens is 211 g/mol. The second kappa shape index (κ2) is 3.61. The fourth-order valence-corrected chi connectivity index (χ4v) is 2.12. The molecule has 0 nitrogen and oxygen atoms in total. The van der Waals surface area contributed by atoms with Gasteiger partial charge in [-0.25, -0.2) is 4.39 Å². The monoisotopic (exact) mass is 220 g/mol. The Hall–Kier alpha value is -2.33. The molecule has 0 N–H and O–H groups in total. The van der Waals surface area contributed by atoms with Crippen LogP contribution in [0.15, 0.2) is 48.5 Å². The molecule has 0 heterocycles. The van der Waals surface area contributed by atoms with Gasteiger partial charge in [0.2, 0.25) is 0 Å². The van der Waals surface area contributed by atoms with Crippen LogP contribution in [0.25, 0.3) is 21.5 Å². The molecule has 0 aliphatic carbocycles. The minimum atomic E-state index is -0.217. The number of fused-ring (bicyclic) bond motifs is 3. The summed E-state index contributed by atoms with van der Waals surface area (Å²) in [5.41, 5.74) is 0.841. The van der Waals surface area contributed by atoms with Gasteiger partial charge in [0, 0.05) is 5.56 Å². The van der Waals surface area contributed by atoms with E-state index in [0.717, 1.165) is 27.1 Å². The zero-order valence-corrected chi connectivity index (χ0v) is 9.07. The number of halogens is 1. The molecule has 0 unspecified atom stereocenters. The van der Waals surface area contributed by atoms with Gasteiger partial charge < -0.3 is 0 Å². The average molecular weight is 220 g/mol. The third-order valence-electron chi connectivity index (χ3n) is 2.97. The molecule has 3 aromatic rings. The van der Waals surface area contributed by atoms with Crippen LogP contribution in [0.1, 0.15) is 5.56 Å². The van der Waals surface area contributed by atoms with Gasteiger partial charge in [-0.1, -0.05) is 30.2 Å². The van der Waals surface area contributed by atoms with Gasteiger partial charge in [0.25, 0.3) is 0 Å². The maximum atomic E-state index is 13.3. The lowest BCUT2D eigenvalue weighted by atomic mass is 10.0. The molecule has 0 aliphatic heterocycles. The van der Waals surface area contributed by atoms with Gasteiger partial charge in [0.05, 0.1) is 0 Å². The molecule has 80 valence electrons. The highest BCUT2D eigenvalue weighted by Crippen LogP contribution is 2.26. The van der Waals surface area contributed by atoms with Crippen molar-refractivity contribution in [3.8, 4) is 12.3 Å². The van der Waals surface area contributed by atoms with E-state index >= 15 is 0 Å². The smallest absolute Gasteiger partial charge is 0.123 e. The van der Waals surface area contributed by atoms with Crippen LogP contribution >= 0.6 is 0 Å². The van der Waals surface area contributed by atoms with Crippen LogP contribution in [-0.2, 0) is 0 Å². The van der Waals surface area contributed by atoms with Crippen LogP contribution in [0.2, 0.25) is 0 Å². The van der Waals surface area contributed by atoms with E-state index in [0.29, 0.717) is 0 Å². The van der Waals surface area contributed by atoms with Crippen molar-refractivity contribution in [2.75, 3.05) is 0 Å². The van der Waals surface area contributed by atoms with E-state index in [1.807, 2.05) is 30.3 Å². The molecule has 3 aromatic carbocycles. The summed E-state index contributed by atoms with van der Waals surface area (Å²) in [5, 5.41) is 4.03. The van der Waals surface area contributed by atoms with Crippen LogP contribution in [0.3, 0.4) is 0 Å². The zero-order chi connectivity index (χ0) is 11.8. The number of hydrogen-bond donors (Lipinski definition) is 0. The first kappa shape index (κ1) is 9.86. The lowest BCUT2D eigenvalue weighted by Crippen LogP contribution is -1.81. The highest BCUT2D eigenvalue weighted by Gasteiger charge is 2.02. The standard InChI is InChI=1S/C16H9F/c1-2-11-3-8-15-13(9-11)5-4-12-6-7-14(17)10-16(12)15/h1,3-10H. The Morgan fingerprint density at radius 1 is 0.824 bits per heavy atom. The Morgan fingerprint density at radius 2 is 1.59 bits per heavy atom. The molecule has 0 amide bonds. The first-order valence-corrected chi connectivity index (χ1v) is 5.36. The summed E-state index contributed by atoms with van der Waals surface area (Å²) < 4.78 is 13.3. The van der Waals surface area contributed by atoms with Gasteiger partial charge in [-0.05, 0) is 45.8 Å². The molecule has 0 saturated carbocycles. The van der Waals surface area contributed by atoms with Crippen molar-refractivity contribution in [1.29, 1.82) is 0 Å². The largest absolute Gasteiger partial charge is 0.207 e. The summed E-state index contributed by atoms with van der Waals surface area (Å²) in [5.74, 6) is 2.39. The van der Waals surface area contributed by atoms with Crippen molar-refractivity contribution in [2.45, 2.75) is 0 Å². The van der Waals surface area contributed by atoms with Crippen LogP contribution in [0.4, 0.5) is 4.39 Å². The molecule has 0 bridgehead atoms. The topological polar surface area (TPSA) is 0 Å². The minimum absolute atomic E-state index is 0.217. The summed E-state index contributed by atoms with van der Waals surface area (Å²) in [4.78, 5) is 0. The van der Waals surface area contributed by atoms with Crippen LogP contribution < -0.4 is 0 Å². The van der Waals surface area contributed by atoms with Crippen molar-refractivity contribution in [2.24, 2.45) is 0 Å². The predicted octanol–water partition coefficient (Wildman–Crippen LogP) is 4.11. The van der Waals surface area contributed by atoms with Gasteiger partial charge in [0.15, 0.2) is 0 Å². The first-order valence-electron chi connectivity index (χ1n) is 5.36. The van der Waals surface area contributed by atoms with Gasteiger partial charge in [0.1, 0.15) is 5.82 Å². The van der Waals surface area contributed by atoms with Crippen LogP contribution in [0.5, 0.6) is 0 Å². The third kappa shape index (κ3) is 1.55. The SMILES string of the molecule is C#Cc1ccc2c(ccc3ccc(F)cc32)c1. The summed E-state index contributed by atoms with van der Waals surface area (Å²) >= 11 is 0. The van der Waals surface area contributed by atoms with E-state index in [1.165, 1.54) is 6.07 Å². The summed E-state index contributed by atoms with van der Waals surface area (Å²) in [6.07, 6.45) is 5.37. The fraction of sp³-hybridized carbons (Fsp3) is 0. The summed E-state index contributed by atoms with van der Waals surface area (Å²) in [6, 6.07) is 14.6. The predicted molar refractivity (Wildman–Crippen MR) is 69.3 cm³/mol. The molecule has 0 radical (unpaired) electrons. The Bertz CT molecular complexity index is 763. The Labute approximate surface area is 98.7 Å². The second-order valence-corrected chi connectivity index (χ2v) is 4.01. The van der Waals surface area contributed by atoms with Gasteiger partial charge >= 0.3 is 0 Å². The van der Waals surface area contributed by atoms with Crippen molar-refractivity contribution < 1.29 is 4.39 Å². The molecule has 3 rings (SSSR count). The molecular formula is C16H9F. The average Bonchev–Trinajstić information content (AvgIpc) is 2.37. The Kier molecular flexibility index (Phi) is 2.09. The van der Waals surface area contributed by atoms with Crippen molar-refractivity contribution in [3.63, 3.8) is 0 Å². The van der Waals surface area contributed by atoms with Gasteiger partial charge in [-0.3, -0.25) is 0 Å². The molecule has 17 heavy (non-hydrogen) atoms. The van der Waals surface area contributed by atoms with Gasteiger partial charge in [-0.2, -0.15) is 0 Å². The summed E-state index contributed by atoms with van der Waals surface area (Å²) in [6.45, 7) is 0. The number of hydrogen-bond acceptors (Lipinski definition) is 0. The van der Waals surface area contributed by atoms with Crippen molar-refractivity contribution in [1.82, 2.24) is 0 Å². The maximum Gasteiger partial charge on any atom is 0.123 e. The lowest BCUT2D eigenvalue weighted by Gasteiger charge is -2.04. The van der Waals surface area contributed by atoms with E-state index in [-0.39, 0.29) is 5.82 Å². The second-order valence-electron chi connectivity index (χ2n) is 4.01. The zero-order valence-electron chi connectivity index (χ0n) is 9.07. The lowest BCUT2D eigenvalue weighted by molar-refractivity contribution is 0.630. The van der Waals surface area contributed by atoms with E-state index in [2.05, 4.69) is 5.92 Å². The van der Waals surface area contributed by atoms with E-state index in [9.17, 15) is 4.39 Å². The summed E-state index contributed by atoms with van der Waals surface area (Å²) in [7, 11) is 0. The Balaban J connectivity index is 2.47. The fourth-order valence-electron chi connectivity index (χ4n) is 2.12.